The molecule has 0 spiro atoms. The second-order valence-corrected chi connectivity index (χ2v) is 9.59. The molecule has 1 heterocycles. The van der Waals surface area contributed by atoms with Gasteiger partial charge in [0.05, 0.1) is 6.54 Å². The van der Waals surface area contributed by atoms with Crippen LogP contribution in [0.2, 0.25) is 0 Å². The predicted molar refractivity (Wildman–Crippen MR) is 124 cm³/mol. The Labute approximate surface area is 194 Å². The molecule has 4 rings (SSSR count). The summed E-state index contributed by atoms with van der Waals surface area (Å²) < 4.78 is 31.7. The summed E-state index contributed by atoms with van der Waals surface area (Å²) in [5, 5.41) is 2.85. The number of fused-ring (bicyclic) bond motifs is 1. The van der Waals surface area contributed by atoms with E-state index in [4.69, 9.17) is 0 Å². The Kier molecular flexibility index (Phi) is 8.06. The summed E-state index contributed by atoms with van der Waals surface area (Å²) in [5.41, 5.74) is 2.66. The van der Waals surface area contributed by atoms with E-state index in [0.29, 0.717) is 23.5 Å². The van der Waals surface area contributed by atoms with Gasteiger partial charge in [0.25, 0.3) is 6.47 Å². The minimum absolute atomic E-state index is 0.160. The van der Waals surface area contributed by atoms with Gasteiger partial charge >= 0.3 is 6.03 Å². The van der Waals surface area contributed by atoms with E-state index in [1.54, 1.807) is 0 Å². The molecule has 1 aliphatic carbocycles. The number of benzene rings is 2. The van der Waals surface area contributed by atoms with E-state index in [2.05, 4.69) is 22.2 Å². The normalized spacial score (nSPS) is 15.8. The summed E-state index contributed by atoms with van der Waals surface area (Å²) in [4.78, 5) is 23.6. The number of anilines is 1. The number of hydrogen-bond acceptors (Lipinski definition) is 3. The fourth-order valence-corrected chi connectivity index (χ4v) is 4.19. The van der Waals surface area contributed by atoms with Crippen molar-refractivity contribution in [1.82, 2.24) is 4.90 Å². The number of hydrogen-bond donors (Lipinski definition) is 1. The summed E-state index contributed by atoms with van der Waals surface area (Å²) in [6.45, 7) is 6.30. The molecule has 33 heavy (non-hydrogen) atoms. The number of carbonyl (C=O) groups is 2. The summed E-state index contributed by atoms with van der Waals surface area (Å²) >= 11 is 0. The van der Waals surface area contributed by atoms with E-state index in [1.165, 1.54) is 48.6 Å². The summed E-state index contributed by atoms with van der Waals surface area (Å²) in [6.07, 6.45) is 6.37. The first-order chi connectivity index (χ1) is 15.7. The molecule has 178 valence electrons. The van der Waals surface area contributed by atoms with Gasteiger partial charge in [-0.2, -0.15) is 0 Å². The van der Waals surface area contributed by atoms with Gasteiger partial charge in [0.15, 0.2) is 0 Å². The molecule has 0 radical (unpaired) electrons. The molecule has 2 amide bonds. The predicted octanol–water partition coefficient (Wildman–Crippen LogP) is 6.52. The highest BCUT2D eigenvalue weighted by molar-refractivity contribution is 5.89. The Bertz CT molecular complexity index is 965. The van der Waals surface area contributed by atoms with Crippen LogP contribution < -0.4 is 5.32 Å². The lowest BCUT2D eigenvalue weighted by Gasteiger charge is -2.22. The third kappa shape index (κ3) is 7.01. The van der Waals surface area contributed by atoms with Gasteiger partial charge < -0.3 is 15.0 Å². The third-order valence-corrected chi connectivity index (χ3v) is 5.89. The molecule has 0 unspecified atom stereocenters. The highest BCUT2D eigenvalue weighted by Gasteiger charge is 2.27. The van der Waals surface area contributed by atoms with Gasteiger partial charge in [-0.15, -0.1) is 0 Å². The fourth-order valence-electron chi connectivity index (χ4n) is 4.19. The van der Waals surface area contributed by atoms with Crippen molar-refractivity contribution in [2.45, 2.75) is 77.5 Å². The number of amides is 2. The number of halogens is 2. The van der Waals surface area contributed by atoms with Crippen LogP contribution in [-0.2, 0) is 22.6 Å². The zero-order chi connectivity index (χ0) is 24.0. The number of urea groups is 1. The Hall–Kier alpha value is -2.96. The summed E-state index contributed by atoms with van der Waals surface area (Å²) in [5.74, 6) is -0.576. The smallest absolute Gasteiger partial charge is 0.322 e. The molecule has 1 saturated carbocycles. The topological polar surface area (TPSA) is 58.6 Å². The number of ether oxygens (including phenoxy) is 1. The van der Waals surface area contributed by atoms with Crippen LogP contribution in [0.25, 0.3) is 0 Å². The van der Waals surface area contributed by atoms with E-state index in [9.17, 15) is 18.4 Å². The van der Waals surface area contributed by atoms with E-state index < -0.39 is 11.6 Å². The van der Waals surface area contributed by atoms with Gasteiger partial charge in [0, 0.05) is 23.9 Å². The van der Waals surface area contributed by atoms with Crippen LogP contribution in [0.15, 0.2) is 36.4 Å². The molecule has 1 fully saturated rings. The van der Waals surface area contributed by atoms with E-state index >= 15 is 0 Å². The van der Waals surface area contributed by atoms with Gasteiger partial charge in [-0.25, -0.2) is 13.6 Å². The minimum Gasteiger partial charge on any atom is -0.462 e. The maximum Gasteiger partial charge on any atom is 0.322 e. The number of carbonyl (C=O) groups excluding carboxylic acids is 2. The first-order valence-corrected chi connectivity index (χ1v) is 11.4. The molecule has 5 nitrogen and oxygen atoms in total. The first kappa shape index (κ1) is 24.7. The first-order valence-electron chi connectivity index (χ1n) is 11.4. The second kappa shape index (κ2) is 10.8. The number of nitrogens with one attached hydrogen (secondary N) is 1. The lowest BCUT2D eigenvalue weighted by atomic mass is 9.84. The average Bonchev–Trinajstić information content (AvgIpc) is 3.19. The monoisotopic (exact) mass is 458 g/mol. The van der Waals surface area contributed by atoms with Crippen LogP contribution in [0.3, 0.4) is 0 Å². The van der Waals surface area contributed by atoms with Crippen molar-refractivity contribution >= 4 is 18.2 Å². The summed E-state index contributed by atoms with van der Waals surface area (Å²) in [6, 6.07) is 9.87. The maximum atomic E-state index is 13.8. The van der Waals surface area contributed by atoms with Crippen molar-refractivity contribution in [3.8, 4) is 0 Å². The van der Waals surface area contributed by atoms with E-state index in [-0.39, 0.29) is 24.7 Å². The maximum absolute atomic E-state index is 13.8. The van der Waals surface area contributed by atoms with Crippen LogP contribution in [0.5, 0.6) is 0 Å². The molecule has 2 aromatic rings. The van der Waals surface area contributed by atoms with Crippen molar-refractivity contribution in [3.05, 3.63) is 64.7 Å². The van der Waals surface area contributed by atoms with Gasteiger partial charge in [0.1, 0.15) is 17.2 Å². The largest absolute Gasteiger partial charge is 0.462 e. The van der Waals surface area contributed by atoms with Crippen LogP contribution in [0.1, 0.15) is 75.5 Å². The molecule has 1 N–H and O–H groups in total. The molecule has 7 heteroatoms. The summed E-state index contributed by atoms with van der Waals surface area (Å²) in [7, 11) is 0. The SMILES string of the molecule is CC(C)(C)OC=O.O=C(Nc1ccc(C2CCCCC2)cc1)N1Cc2cc(F)cc(F)c2C1. The highest BCUT2D eigenvalue weighted by atomic mass is 19.1. The van der Waals surface area contributed by atoms with Crippen molar-refractivity contribution < 1.29 is 23.1 Å². The molecular formula is C26H32F2N2O3. The van der Waals surface area contributed by atoms with Crippen LogP contribution in [-0.4, -0.2) is 23.0 Å². The van der Waals surface area contributed by atoms with Crippen LogP contribution in [0, 0.1) is 11.6 Å². The minimum atomic E-state index is -0.609. The zero-order valence-electron chi connectivity index (χ0n) is 19.5. The molecule has 0 aromatic heterocycles. The van der Waals surface area contributed by atoms with Gasteiger partial charge in [-0.1, -0.05) is 31.4 Å². The van der Waals surface area contributed by atoms with Crippen molar-refractivity contribution in [1.29, 1.82) is 0 Å². The third-order valence-electron chi connectivity index (χ3n) is 5.89. The molecule has 2 aliphatic rings. The Morgan fingerprint density at radius 3 is 2.30 bits per heavy atom. The van der Waals surface area contributed by atoms with Crippen LogP contribution in [0.4, 0.5) is 19.3 Å². The van der Waals surface area contributed by atoms with Gasteiger partial charge in [-0.05, 0) is 68.9 Å². The number of nitrogens with zero attached hydrogens (tertiary/aromatic N) is 1. The lowest BCUT2D eigenvalue weighted by Crippen LogP contribution is -2.30. The van der Waals surface area contributed by atoms with E-state index in [0.717, 1.165) is 11.8 Å². The van der Waals surface area contributed by atoms with Crippen molar-refractivity contribution in [2.24, 2.45) is 0 Å². The molecule has 0 saturated heterocycles. The Morgan fingerprint density at radius 1 is 1.06 bits per heavy atom. The van der Waals surface area contributed by atoms with Crippen LogP contribution >= 0.6 is 0 Å². The molecular weight excluding hydrogens is 426 g/mol. The lowest BCUT2D eigenvalue weighted by molar-refractivity contribution is -0.138. The highest BCUT2D eigenvalue weighted by Crippen LogP contribution is 2.33. The van der Waals surface area contributed by atoms with Gasteiger partial charge in [0.2, 0.25) is 0 Å². The molecule has 1 aliphatic heterocycles. The van der Waals surface area contributed by atoms with Crippen molar-refractivity contribution in [2.75, 3.05) is 5.32 Å². The second-order valence-electron chi connectivity index (χ2n) is 9.59. The Balaban J connectivity index is 0.000000383. The average molecular weight is 459 g/mol. The molecule has 2 aromatic carbocycles. The number of rotatable bonds is 3. The Morgan fingerprint density at radius 2 is 1.73 bits per heavy atom. The van der Waals surface area contributed by atoms with Crippen molar-refractivity contribution in [3.63, 3.8) is 0 Å². The fraction of sp³-hybridized carbons (Fsp3) is 0.462. The van der Waals surface area contributed by atoms with E-state index in [1.807, 2.05) is 32.9 Å². The quantitative estimate of drug-likeness (QED) is 0.533. The zero-order valence-corrected chi connectivity index (χ0v) is 19.5. The molecule has 0 atom stereocenters. The standard InChI is InChI=1S/C21H22F2N2O.C5H10O2/c22-17-10-16-12-25(13-19(16)20(23)11-17)21(26)24-18-8-6-15(7-9-18)14-4-2-1-3-5-14;1-5(2,3)7-4-6/h6-11,14H,1-5,12-13H2,(H,24,26);4H,1-3H3. The molecule has 0 bridgehead atoms. The van der Waals surface area contributed by atoms with Gasteiger partial charge in [-0.3, -0.25) is 4.79 Å².